The van der Waals surface area contributed by atoms with Crippen molar-refractivity contribution in [2.24, 2.45) is 5.90 Å². The summed E-state index contributed by atoms with van der Waals surface area (Å²) in [4.78, 5) is 102. The van der Waals surface area contributed by atoms with Gasteiger partial charge in [-0.3, -0.25) is 28.9 Å². The molecular weight excluding hydrogens is 730 g/mol. The van der Waals surface area contributed by atoms with Crippen molar-refractivity contribution in [2.75, 3.05) is 26.3 Å². The van der Waals surface area contributed by atoms with Gasteiger partial charge in [-0.2, -0.15) is 10.1 Å². The van der Waals surface area contributed by atoms with E-state index in [1.807, 2.05) is 74.5 Å². The van der Waals surface area contributed by atoms with Crippen molar-refractivity contribution >= 4 is 35.8 Å². The number of amides is 7. The zero-order chi connectivity index (χ0) is 40.0. The lowest BCUT2D eigenvalue weighted by Crippen LogP contribution is -2.49. The van der Waals surface area contributed by atoms with Crippen LogP contribution in [0.2, 0.25) is 0 Å². The number of imide groups is 1. The molecule has 0 radical (unpaired) electrons. The maximum absolute atomic E-state index is 12.7. The van der Waals surface area contributed by atoms with Crippen LogP contribution in [0.4, 0.5) is 9.59 Å². The Morgan fingerprint density at radius 2 is 1.18 bits per heavy atom. The quantitative estimate of drug-likeness (QED) is 0.161. The molecule has 0 unspecified atom stereocenters. The first-order valence-corrected chi connectivity index (χ1v) is 19.0. The van der Waals surface area contributed by atoms with Crippen LogP contribution in [-0.2, 0) is 56.6 Å². The van der Waals surface area contributed by atoms with E-state index in [4.69, 9.17) is 19.4 Å². The van der Waals surface area contributed by atoms with Gasteiger partial charge in [0.2, 0.25) is 0 Å². The number of hydrogen-bond donors (Lipinski definition) is 2. The highest BCUT2D eigenvalue weighted by molar-refractivity contribution is 6.02. The molecule has 5 aliphatic rings. The molecule has 304 valence electrons. The number of rotatable bonds is 14. The van der Waals surface area contributed by atoms with Crippen LogP contribution in [0.1, 0.15) is 76.3 Å². The number of urea groups is 2. The Morgan fingerprint density at radius 1 is 0.696 bits per heavy atom. The van der Waals surface area contributed by atoms with Crippen molar-refractivity contribution in [1.29, 1.82) is 0 Å². The maximum atomic E-state index is 12.7. The Bertz CT molecular complexity index is 1630. The third-order valence-electron chi connectivity index (χ3n) is 9.63. The molecule has 18 heteroatoms. The van der Waals surface area contributed by atoms with Gasteiger partial charge >= 0.3 is 18.0 Å². The number of nitrogens with one attached hydrogen (secondary N) is 1. The van der Waals surface area contributed by atoms with Gasteiger partial charge in [0.05, 0.1) is 25.3 Å². The van der Waals surface area contributed by atoms with Crippen molar-refractivity contribution in [3.63, 3.8) is 0 Å². The second-order valence-electron chi connectivity index (χ2n) is 13.7. The molecule has 4 atom stereocenters. The summed E-state index contributed by atoms with van der Waals surface area (Å²) in [6.45, 7) is 6.54. The van der Waals surface area contributed by atoms with Gasteiger partial charge in [-0.25, -0.2) is 25.8 Å². The molecule has 2 aromatic rings. The number of hydroxylamine groups is 7. The lowest BCUT2D eigenvalue weighted by molar-refractivity contribution is -0.201. The number of hydrogen-bond acceptors (Lipinski definition) is 12. The van der Waals surface area contributed by atoms with E-state index in [9.17, 15) is 28.8 Å². The van der Waals surface area contributed by atoms with Crippen molar-refractivity contribution < 1.29 is 53.0 Å². The van der Waals surface area contributed by atoms with Crippen molar-refractivity contribution in [1.82, 2.24) is 30.5 Å². The largest absolute Gasteiger partial charge is 0.355 e. The number of benzene rings is 2. The molecule has 5 aliphatic heterocycles. The van der Waals surface area contributed by atoms with E-state index in [1.54, 1.807) is 4.90 Å². The second kappa shape index (κ2) is 20.7. The Balaban J connectivity index is 0.000000193. The normalized spacial score (nSPS) is 22.4. The molecule has 5 saturated heterocycles. The summed E-state index contributed by atoms with van der Waals surface area (Å²) < 4.78 is 0. The first-order chi connectivity index (χ1) is 27.2. The lowest BCUT2D eigenvalue weighted by Gasteiger charge is -2.29. The number of piperidine rings is 2. The Hall–Kier alpha value is -5.14. The van der Waals surface area contributed by atoms with Crippen LogP contribution in [-0.4, -0.2) is 111 Å². The Morgan fingerprint density at radius 3 is 1.64 bits per heavy atom. The second-order valence-corrected chi connectivity index (χ2v) is 13.7. The molecule has 5 fully saturated rings. The van der Waals surface area contributed by atoms with Crippen LogP contribution in [0.5, 0.6) is 0 Å². The zero-order valence-electron chi connectivity index (χ0n) is 31.8. The van der Waals surface area contributed by atoms with Crippen LogP contribution in [0.3, 0.4) is 0 Å². The van der Waals surface area contributed by atoms with Gasteiger partial charge in [-0.05, 0) is 49.7 Å². The molecule has 0 saturated carbocycles. The van der Waals surface area contributed by atoms with Gasteiger partial charge in [0, 0.05) is 25.9 Å². The SMILES string of the molecule is CCCON.CCCONC(=O)[C@@H]1CC[C@@H]2CN1C(=O)N2OCc1ccccc1.O=C(ON1C(=O)CCC1=O)[C@@H]1CC[C@@H]2CN1C(=O)N2OCc1ccccc1. The van der Waals surface area contributed by atoms with Crippen LogP contribution in [0.25, 0.3) is 0 Å². The van der Waals surface area contributed by atoms with Gasteiger partial charge in [0.1, 0.15) is 25.3 Å². The molecule has 0 aromatic heterocycles. The third kappa shape index (κ3) is 10.6. The molecule has 56 heavy (non-hydrogen) atoms. The topological polar surface area (TPSA) is 203 Å². The standard InChI is InChI=1S/C18H19N3O6.C17H23N3O4.C3H9NO/c22-15-8-9-16(23)21(15)27-17(24)14-7-6-13-10-19(14)18(25)20(13)26-11-12-4-2-1-3-5-12;1-2-10-23-18-16(21)15-9-8-14-11-19(15)17(22)20(14)24-12-13-6-4-3-5-7-13;1-2-3-5-4/h1-5,13-14H,6-11H2;3-7,14-15H,2,8-12H2,1H3,(H,18,21);2-4H2,1H3/t13-,14+;14-,15+;/m11./s1. The average molecular weight is 782 g/mol. The van der Waals surface area contributed by atoms with Gasteiger partial charge in [0.25, 0.3) is 17.7 Å². The summed E-state index contributed by atoms with van der Waals surface area (Å²) in [6, 6.07) is 17.1. The summed E-state index contributed by atoms with van der Waals surface area (Å²) in [5.41, 5.74) is 4.37. The zero-order valence-corrected chi connectivity index (χ0v) is 31.8. The van der Waals surface area contributed by atoms with Gasteiger partial charge in [-0.1, -0.05) is 74.5 Å². The van der Waals surface area contributed by atoms with Gasteiger partial charge < -0.3 is 19.5 Å². The summed E-state index contributed by atoms with van der Waals surface area (Å²) in [5, 5.41) is 3.25. The third-order valence-corrected chi connectivity index (χ3v) is 9.63. The summed E-state index contributed by atoms with van der Waals surface area (Å²) >= 11 is 0. The molecule has 7 amide bonds. The first-order valence-electron chi connectivity index (χ1n) is 19.0. The molecular formula is C38H51N7O11. The molecule has 18 nitrogen and oxygen atoms in total. The molecule has 0 aliphatic carbocycles. The van der Waals surface area contributed by atoms with Gasteiger partial charge in [-0.15, -0.1) is 5.06 Å². The highest BCUT2D eigenvalue weighted by atomic mass is 16.7. The molecule has 3 N–H and O–H groups in total. The number of carbonyl (C=O) groups is 6. The van der Waals surface area contributed by atoms with Crippen molar-refractivity contribution in [3.8, 4) is 0 Å². The summed E-state index contributed by atoms with van der Waals surface area (Å²) in [5.74, 6) is 2.53. The highest BCUT2D eigenvalue weighted by Gasteiger charge is 2.50. The smallest absolute Gasteiger partial charge is 0.328 e. The monoisotopic (exact) mass is 781 g/mol. The minimum atomic E-state index is -0.833. The predicted octanol–water partition coefficient (Wildman–Crippen LogP) is 3.13. The van der Waals surface area contributed by atoms with E-state index in [0.29, 0.717) is 57.2 Å². The van der Waals surface area contributed by atoms with Crippen LogP contribution in [0, 0.1) is 0 Å². The highest BCUT2D eigenvalue weighted by Crippen LogP contribution is 2.32. The van der Waals surface area contributed by atoms with E-state index in [0.717, 1.165) is 30.4 Å². The molecule has 5 heterocycles. The fraction of sp³-hybridized carbons (Fsp3) is 0.526. The molecule has 2 aromatic carbocycles. The lowest BCUT2D eigenvalue weighted by atomic mass is 10.0. The van der Waals surface area contributed by atoms with E-state index in [1.165, 1.54) is 15.0 Å². The average Bonchev–Trinajstić information content (AvgIpc) is 3.76. The fourth-order valence-electron chi connectivity index (χ4n) is 6.77. The van der Waals surface area contributed by atoms with E-state index >= 15 is 0 Å². The Labute approximate surface area is 325 Å². The van der Waals surface area contributed by atoms with E-state index in [2.05, 4.69) is 16.2 Å². The number of nitrogens with two attached hydrogens (primary N) is 1. The number of nitrogens with zero attached hydrogens (tertiary/aromatic N) is 5. The number of carbonyl (C=O) groups excluding carboxylic acids is 6. The van der Waals surface area contributed by atoms with E-state index < -0.39 is 35.9 Å². The molecule has 4 bridgehead atoms. The van der Waals surface area contributed by atoms with Gasteiger partial charge in [0.15, 0.2) is 0 Å². The number of fused-ring (bicyclic) bond motifs is 4. The first kappa shape index (κ1) is 42.0. The fourth-order valence-corrected chi connectivity index (χ4v) is 6.77. The van der Waals surface area contributed by atoms with Crippen molar-refractivity contribution in [2.45, 2.75) is 103 Å². The molecule has 7 rings (SSSR count). The van der Waals surface area contributed by atoms with Crippen molar-refractivity contribution in [3.05, 3.63) is 71.8 Å². The van der Waals surface area contributed by atoms with E-state index in [-0.39, 0.29) is 43.5 Å². The predicted molar refractivity (Wildman–Crippen MR) is 196 cm³/mol. The Kier molecular flexibility index (Phi) is 15.5. The molecule has 0 spiro atoms. The van der Waals surface area contributed by atoms with Crippen LogP contribution in [0.15, 0.2) is 60.7 Å². The minimum Gasteiger partial charge on any atom is -0.328 e. The summed E-state index contributed by atoms with van der Waals surface area (Å²) in [7, 11) is 0. The maximum Gasteiger partial charge on any atom is 0.355 e. The van der Waals surface area contributed by atoms with Crippen LogP contribution >= 0.6 is 0 Å². The van der Waals surface area contributed by atoms with Crippen LogP contribution < -0.4 is 11.4 Å². The summed E-state index contributed by atoms with van der Waals surface area (Å²) in [6.07, 6.45) is 4.18. The minimum absolute atomic E-state index is 0.00169.